The number of pyridine rings is 2. The molecule has 0 bridgehead atoms. The van der Waals surface area contributed by atoms with E-state index in [1.165, 1.54) is 6.39 Å². The molecule has 0 radical (unpaired) electrons. The molecular weight excluding hydrogens is 216 g/mol. The molecule has 0 aliphatic rings. The van der Waals surface area contributed by atoms with Gasteiger partial charge in [-0.05, 0) is 24.3 Å². The Bertz CT molecular complexity index is 607. The van der Waals surface area contributed by atoms with Crippen LogP contribution in [0.5, 0.6) is 0 Å². The van der Waals surface area contributed by atoms with Gasteiger partial charge in [-0.25, -0.2) is 4.98 Å². The third kappa shape index (κ3) is 1.90. The number of rotatable bonds is 2. The first-order chi connectivity index (χ1) is 8.43. The zero-order valence-corrected chi connectivity index (χ0v) is 8.82. The second-order valence-electron chi connectivity index (χ2n) is 3.37. The highest BCUT2D eigenvalue weighted by Gasteiger charge is 2.07. The summed E-state index contributed by atoms with van der Waals surface area (Å²) >= 11 is 0. The van der Waals surface area contributed by atoms with Crippen molar-refractivity contribution in [2.24, 2.45) is 0 Å². The highest BCUT2D eigenvalue weighted by atomic mass is 16.4. The van der Waals surface area contributed by atoms with Crippen molar-refractivity contribution >= 4 is 0 Å². The Morgan fingerprint density at radius 1 is 0.882 bits per heavy atom. The van der Waals surface area contributed by atoms with Crippen LogP contribution in [0.15, 0.2) is 53.4 Å². The molecule has 0 unspecified atom stereocenters. The van der Waals surface area contributed by atoms with Crippen molar-refractivity contribution < 1.29 is 4.42 Å². The first-order valence-electron chi connectivity index (χ1n) is 5.08. The molecular formula is C12H8N4O. The van der Waals surface area contributed by atoms with Crippen LogP contribution in [0.2, 0.25) is 0 Å². The van der Waals surface area contributed by atoms with Crippen molar-refractivity contribution in [3.63, 3.8) is 0 Å². The van der Waals surface area contributed by atoms with E-state index >= 15 is 0 Å². The van der Waals surface area contributed by atoms with E-state index in [0.29, 0.717) is 11.6 Å². The SMILES string of the molecule is c1ccc(-c2cccc(-c3nnco3)n2)nc1. The van der Waals surface area contributed by atoms with Crippen LogP contribution in [-0.4, -0.2) is 20.2 Å². The molecule has 0 aromatic carbocycles. The second kappa shape index (κ2) is 4.13. The average molecular weight is 224 g/mol. The van der Waals surface area contributed by atoms with Crippen molar-refractivity contribution in [2.75, 3.05) is 0 Å². The van der Waals surface area contributed by atoms with Crippen LogP contribution < -0.4 is 0 Å². The Balaban J connectivity index is 2.06. The van der Waals surface area contributed by atoms with Gasteiger partial charge in [0.25, 0.3) is 5.89 Å². The molecule has 3 aromatic rings. The Hall–Kier alpha value is -2.56. The topological polar surface area (TPSA) is 64.7 Å². The fraction of sp³-hybridized carbons (Fsp3) is 0. The van der Waals surface area contributed by atoms with Crippen molar-refractivity contribution in [3.8, 4) is 23.0 Å². The lowest BCUT2D eigenvalue weighted by molar-refractivity contribution is 0.566. The summed E-state index contributed by atoms with van der Waals surface area (Å²) in [5, 5.41) is 7.45. The summed E-state index contributed by atoms with van der Waals surface area (Å²) < 4.78 is 5.11. The predicted octanol–water partition coefficient (Wildman–Crippen LogP) is 2.19. The molecule has 0 saturated carbocycles. The third-order valence-electron chi connectivity index (χ3n) is 2.26. The van der Waals surface area contributed by atoms with Gasteiger partial charge in [0.15, 0.2) is 0 Å². The zero-order chi connectivity index (χ0) is 11.5. The van der Waals surface area contributed by atoms with Gasteiger partial charge in [-0.1, -0.05) is 12.1 Å². The zero-order valence-electron chi connectivity index (χ0n) is 8.82. The average Bonchev–Trinajstić information content (AvgIpc) is 2.94. The third-order valence-corrected chi connectivity index (χ3v) is 2.26. The van der Waals surface area contributed by atoms with Gasteiger partial charge in [0.2, 0.25) is 6.39 Å². The minimum absolute atomic E-state index is 0.405. The van der Waals surface area contributed by atoms with E-state index in [1.54, 1.807) is 6.20 Å². The summed E-state index contributed by atoms with van der Waals surface area (Å²) in [6, 6.07) is 11.3. The maximum absolute atomic E-state index is 5.11. The maximum atomic E-state index is 5.11. The van der Waals surface area contributed by atoms with Crippen molar-refractivity contribution in [1.29, 1.82) is 0 Å². The standard InChI is InChI=1S/C12H8N4O/c1-2-7-13-9(4-1)10-5-3-6-11(15-10)12-16-14-8-17-12/h1-8H. The monoisotopic (exact) mass is 224 g/mol. The van der Waals surface area contributed by atoms with Crippen LogP contribution in [0.1, 0.15) is 0 Å². The smallest absolute Gasteiger partial charge is 0.266 e. The van der Waals surface area contributed by atoms with Crippen LogP contribution >= 0.6 is 0 Å². The van der Waals surface area contributed by atoms with Crippen LogP contribution in [0, 0.1) is 0 Å². The van der Waals surface area contributed by atoms with Crippen LogP contribution in [0.4, 0.5) is 0 Å². The summed E-state index contributed by atoms with van der Waals surface area (Å²) in [4.78, 5) is 8.67. The van der Waals surface area contributed by atoms with Gasteiger partial charge < -0.3 is 4.42 Å². The van der Waals surface area contributed by atoms with Gasteiger partial charge in [0.1, 0.15) is 5.69 Å². The summed E-state index contributed by atoms with van der Waals surface area (Å²) in [5.74, 6) is 0.405. The van der Waals surface area contributed by atoms with Crippen LogP contribution in [0.3, 0.4) is 0 Å². The minimum Gasteiger partial charge on any atom is -0.422 e. The molecule has 3 rings (SSSR count). The van der Waals surface area contributed by atoms with E-state index < -0.39 is 0 Å². The molecule has 5 heteroatoms. The molecule has 0 amide bonds. The maximum Gasteiger partial charge on any atom is 0.266 e. The van der Waals surface area contributed by atoms with Crippen molar-refractivity contribution in [1.82, 2.24) is 20.2 Å². The van der Waals surface area contributed by atoms with E-state index in [1.807, 2.05) is 36.4 Å². The fourth-order valence-electron chi connectivity index (χ4n) is 1.50. The molecule has 0 N–H and O–H groups in total. The molecule has 5 nitrogen and oxygen atoms in total. The first-order valence-corrected chi connectivity index (χ1v) is 5.08. The molecule has 0 spiro atoms. The molecule has 3 aromatic heterocycles. The molecule has 3 heterocycles. The van der Waals surface area contributed by atoms with E-state index in [9.17, 15) is 0 Å². The predicted molar refractivity (Wildman–Crippen MR) is 60.8 cm³/mol. The highest BCUT2D eigenvalue weighted by Crippen LogP contribution is 2.18. The Labute approximate surface area is 97.2 Å². The normalized spacial score (nSPS) is 10.4. The number of nitrogens with zero attached hydrogens (tertiary/aromatic N) is 4. The van der Waals surface area contributed by atoms with Crippen molar-refractivity contribution in [3.05, 3.63) is 49.0 Å². The molecule has 82 valence electrons. The molecule has 17 heavy (non-hydrogen) atoms. The summed E-state index contributed by atoms with van der Waals surface area (Å²) in [5.41, 5.74) is 2.24. The van der Waals surface area contributed by atoms with E-state index in [0.717, 1.165) is 11.4 Å². The van der Waals surface area contributed by atoms with Gasteiger partial charge in [-0.3, -0.25) is 4.98 Å². The fourth-order valence-corrected chi connectivity index (χ4v) is 1.50. The minimum atomic E-state index is 0.405. The van der Waals surface area contributed by atoms with Crippen molar-refractivity contribution in [2.45, 2.75) is 0 Å². The Kier molecular flexibility index (Phi) is 2.34. The highest BCUT2D eigenvalue weighted by molar-refractivity contribution is 5.58. The lowest BCUT2D eigenvalue weighted by Gasteiger charge is -2.00. The van der Waals surface area contributed by atoms with Gasteiger partial charge >= 0.3 is 0 Å². The number of aromatic nitrogens is 4. The van der Waals surface area contributed by atoms with Crippen LogP contribution in [0.25, 0.3) is 23.0 Å². The first kappa shape index (κ1) is 9.65. The Morgan fingerprint density at radius 3 is 2.53 bits per heavy atom. The largest absolute Gasteiger partial charge is 0.422 e. The van der Waals surface area contributed by atoms with Gasteiger partial charge in [0.05, 0.1) is 11.4 Å². The van der Waals surface area contributed by atoms with Gasteiger partial charge in [-0.2, -0.15) is 0 Å². The molecule has 0 fully saturated rings. The number of hydrogen-bond donors (Lipinski definition) is 0. The molecule has 0 aliphatic heterocycles. The molecule has 0 aliphatic carbocycles. The lowest BCUT2D eigenvalue weighted by Crippen LogP contribution is -1.89. The summed E-state index contributed by atoms with van der Waals surface area (Å²) in [6.45, 7) is 0. The van der Waals surface area contributed by atoms with Gasteiger partial charge in [0, 0.05) is 6.20 Å². The molecule has 0 atom stereocenters. The molecule has 0 saturated heterocycles. The van der Waals surface area contributed by atoms with Crippen LogP contribution in [-0.2, 0) is 0 Å². The van der Waals surface area contributed by atoms with E-state index in [4.69, 9.17) is 4.42 Å². The second-order valence-corrected chi connectivity index (χ2v) is 3.37. The van der Waals surface area contributed by atoms with E-state index in [-0.39, 0.29) is 0 Å². The quantitative estimate of drug-likeness (QED) is 0.667. The number of hydrogen-bond acceptors (Lipinski definition) is 5. The summed E-state index contributed by atoms with van der Waals surface area (Å²) in [7, 11) is 0. The lowest BCUT2D eigenvalue weighted by atomic mass is 10.2. The summed E-state index contributed by atoms with van der Waals surface area (Å²) in [6.07, 6.45) is 3.01. The Morgan fingerprint density at radius 2 is 1.76 bits per heavy atom. The van der Waals surface area contributed by atoms with E-state index in [2.05, 4.69) is 20.2 Å². The van der Waals surface area contributed by atoms with Gasteiger partial charge in [-0.15, -0.1) is 10.2 Å².